The van der Waals surface area contributed by atoms with Crippen LogP contribution in [0.25, 0.3) is 0 Å². The van der Waals surface area contributed by atoms with E-state index in [1.54, 1.807) is 11.3 Å². The summed E-state index contributed by atoms with van der Waals surface area (Å²) >= 11 is 1.57. The quantitative estimate of drug-likeness (QED) is 0.870. The maximum absolute atomic E-state index is 12.8. The Hall–Kier alpha value is -1.72. The van der Waals surface area contributed by atoms with E-state index < -0.39 is 0 Å². The third-order valence-corrected chi connectivity index (χ3v) is 5.99. The normalized spacial score (nSPS) is 24.1. The van der Waals surface area contributed by atoms with Crippen molar-refractivity contribution in [2.45, 2.75) is 25.9 Å². The molecule has 0 spiro atoms. The molecule has 0 bridgehead atoms. The summed E-state index contributed by atoms with van der Waals surface area (Å²) in [7, 11) is 0. The first-order valence-corrected chi connectivity index (χ1v) is 9.06. The smallest absolute Gasteiger partial charge is 0.264 e. The van der Waals surface area contributed by atoms with E-state index in [2.05, 4.69) is 26.2 Å². The molecule has 2 aromatic rings. The van der Waals surface area contributed by atoms with Crippen LogP contribution in [0.5, 0.6) is 0 Å². The topological polar surface area (TPSA) is 36.4 Å². The first-order valence-electron chi connectivity index (χ1n) is 8.18. The SMILES string of the molecule is Cc1csc(C(=O)N2CC[C@H]3CN(Cc4cccnc4)C[C@H]32)c1. The summed E-state index contributed by atoms with van der Waals surface area (Å²) in [5, 5.41) is 2.06. The molecule has 2 aromatic heterocycles. The number of thiophene rings is 1. The number of hydrogen-bond acceptors (Lipinski definition) is 4. The van der Waals surface area contributed by atoms with Gasteiger partial charge < -0.3 is 4.90 Å². The fourth-order valence-corrected chi connectivity index (χ4v) is 4.72. The number of likely N-dealkylation sites (tertiary alicyclic amines) is 2. The number of pyridine rings is 1. The highest BCUT2D eigenvalue weighted by molar-refractivity contribution is 7.12. The molecule has 23 heavy (non-hydrogen) atoms. The van der Waals surface area contributed by atoms with Crippen molar-refractivity contribution in [3.63, 3.8) is 0 Å². The Morgan fingerprint density at radius 3 is 3.09 bits per heavy atom. The Bertz CT molecular complexity index is 699. The zero-order valence-corrected chi connectivity index (χ0v) is 14.1. The molecule has 0 N–H and O–H groups in total. The highest BCUT2D eigenvalue weighted by Gasteiger charge is 2.43. The average molecular weight is 327 g/mol. The molecule has 120 valence electrons. The summed E-state index contributed by atoms with van der Waals surface area (Å²) in [6.45, 7) is 5.96. The summed E-state index contributed by atoms with van der Waals surface area (Å²) in [6, 6.07) is 6.50. The van der Waals surface area contributed by atoms with Crippen LogP contribution in [0.15, 0.2) is 36.0 Å². The third-order valence-electron chi connectivity index (χ3n) is 4.95. The third kappa shape index (κ3) is 2.91. The van der Waals surface area contributed by atoms with Crippen LogP contribution in [0.1, 0.15) is 27.2 Å². The van der Waals surface area contributed by atoms with Crippen LogP contribution in [-0.4, -0.2) is 46.4 Å². The largest absolute Gasteiger partial charge is 0.333 e. The van der Waals surface area contributed by atoms with E-state index in [0.29, 0.717) is 12.0 Å². The molecule has 0 unspecified atom stereocenters. The Kier molecular flexibility index (Phi) is 3.91. The number of hydrogen-bond donors (Lipinski definition) is 0. The van der Waals surface area contributed by atoms with Gasteiger partial charge in [-0.3, -0.25) is 14.7 Å². The van der Waals surface area contributed by atoms with Crippen LogP contribution >= 0.6 is 11.3 Å². The highest BCUT2D eigenvalue weighted by Crippen LogP contribution is 2.33. The van der Waals surface area contributed by atoms with Crippen LogP contribution in [0.4, 0.5) is 0 Å². The molecular formula is C18H21N3OS. The van der Waals surface area contributed by atoms with Gasteiger partial charge >= 0.3 is 0 Å². The maximum atomic E-state index is 12.8. The second-order valence-electron chi connectivity index (χ2n) is 6.66. The Morgan fingerprint density at radius 1 is 1.43 bits per heavy atom. The summed E-state index contributed by atoms with van der Waals surface area (Å²) < 4.78 is 0. The average Bonchev–Trinajstić information content (AvgIpc) is 3.23. The van der Waals surface area contributed by atoms with Crippen LogP contribution in [-0.2, 0) is 6.54 Å². The molecule has 1 amide bonds. The van der Waals surface area contributed by atoms with Crippen molar-refractivity contribution in [2.24, 2.45) is 5.92 Å². The van der Waals surface area contributed by atoms with Crippen molar-refractivity contribution in [2.75, 3.05) is 19.6 Å². The minimum atomic E-state index is 0.221. The van der Waals surface area contributed by atoms with Crippen molar-refractivity contribution in [1.29, 1.82) is 0 Å². The number of carbonyl (C=O) groups excluding carboxylic acids is 1. The van der Waals surface area contributed by atoms with E-state index in [0.717, 1.165) is 37.5 Å². The minimum absolute atomic E-state index is 0.221. The lowest BCUT2D eigenvalue weighted by atomic mass is 10.1. The lowest BCUT2D eigenvalue weighted by molar-refractivity contribution is 0.0731. The number of aromatic nitrogens is 1. The first kappa shape index (κ1) is 14.8. The molecule has 4 nitrogen and oxygen atoms in total. The van der Waals surface area contributed by atoms with E-state index in [9.17, 15) is 4.79 Å². The Balaban J connectivity index is 1.44. The predicted molar refractivity (Wildman–Crippen MR) is 91.5 cm³/mol. The number of aryl methyl sites for hydroxylation is 1. The van der Waals surface area contributed by atoms with E-state index in [1.807, 2.05) is 31.5 Å². The van der Waals surface area contributed by atoms with E-state index in [1.165, 1.54) is 11.1 Å². The molecule has 2 aliphatic heterocycles. The monoisotopic (exact) mass is 327 g/mol. The summed E-state index contributed by atoms with van der Waals surface area (Å²) in [5.74, 6) is 0.843. The molecule has 4 heterocycles. The van der Waals surface area contributed by atoms with Gasteiger partial charge in [-0.2, -0.15) is 0 Å². The minimum Gasteiger partial charge on any atom is -0.333 e. The van der Waals surface area contributed by atoms with Crippen molar-refractivity contribution in [1.82, 2.24) is 14.8 Å². The van der Waals surface area contributed by atoms with E-state index in [4.69, 9.17) is 0 Å². The van der Waals surface area contributed by atoms with Crippen molar-refractivity contribution in [3.05, 3.63) is 52.0 Å². The van der Waals surface area contributed by atoms with Gasteiger partial charge in [0.05, 0.1) is 4.88 Å². The maximum Gasteiger partial charge on any atom is 0.264 e. The molecular weight excluding hydrogens is 306 g/mol. The van der Waals surface area contributed by atoms with Crippen LogP contribution in [0, 0.1) is 12.8 Å². The number of fused-ring (bicyclic) bond motifs is 1. The molecule has 2 saturated heterocycles. The summed E-state index contributed by atoms with van der Waals surface area (Å²) in [4.78, 5) is 22.4. The van der Waals surface area contributed by atoms with Gasteiger partial charge in [-0.15, -0.1) is 11.3 Å². The second-order valence-corrected chi connectivity index (χ2v) is 7.57. The van der Waals surface area contributed by atoms with Gasteiger partial charge in [0.2, 0.25) is 0 Å². The summed E-state index contributed by atoms with van der Waals surface area (Å²) in [6.07, 6.45) is 4.88. The van der Waals surface area contributed by atoms with Gasteiger partial charge in [0.25, 0.3) is 5.91 Å². The molecule has 5 heteroatoms. The fourth-order valence-electron chi connectivity index (χ4n) is 3.86. The van der Waals surface area contributed by atoms with Gasteiger partial charge in [0.15, 0.2) is 0 Å². The van der Waals surface area contributed by atoms with Gasteiger partial charge in [-0.05, 0) is 47.9 Å². The van der Waals surface area contributed by atoms with Crippen molar-refractivity contribution >= 4 is 17.2 Å². The van der Waals surface area contributed by atoms with Crippen molar-refractivity contribution < 1.29 is 4.79 Å². The van der Waals surface area contributed by atoms with Gasteiger partial charge in [0.1, 0.15) is 0 Å². The lowest BCUT2D eigenvalue weighted by Crippen LogP contribution is -2.39. The highest BCUT2D eigenvalue weighted by atomic mass is 32.1. The number of carbonyl (C=O) groups is 1. The van der Waals surface area contributed by atoms with E-state index in [-0.39, 0.29) is 5.91 Å². The van der Waals surface area contributed by atoms with Crippen LogP contribution in [0.2, 0.25) is 0 Å². The zero-order chi connectivity index (χ0) is 15.8. The lowest BCUT2D eigenvalue weighted by Gasteiger charge is -2.24. The Labute approximate surface area is 140 Å². The fraction of sp³-hybridized carbons (Fsp3) is 0.444. The molecule has 0 aliphatic carbocycles. The predicted octanol–water partition coefficient (Wildman–Crippen LogP) is 2.80. The molecule has 2 atom stereocenters. The van der Waals surface area contributed by atoms with Gasteiger partial charge in [0, 0.05) is 44.6 Å². The second kappa shape index (κ2) is 6.06. The van der Waals surface area contributed by atoms with Crippen molar-refractivity contribution in [3.8, 4) is 0 Å². The molecule has 0 aromatic carbocycles. The van der Waals surface area contributed by atoms with Gasteiger partial charge in [-0.25, -0.2) is 0 Å². The van der Waals surface area contributed by atoms with Crippen LogP contribution in [0.3, 0.4) is 0 Å². The summed E-state index contributed by atoms with van der Waals surface area (Å²) in [5.41, 5.74) is 2.43. The number of nitrogens with zero attached hydrogens (tertiary/aromatic N) is 3. The molecule has 0 saturated carbocycles. The van der Waals surface area contributed by atoms with E-state index >= 15 is 0 Å². The Morgan fingerprint density at radius 2 is 2.35 bits per heavy atom. The van der Waals surface area contributed by atoms with Gasteiger partial charge in [-0.1, -0.05) is 6.07 Å². The standard InChI is InChI=1S/C18H21N3OS/c1-13-7-17(23-12-13)18(22)21-6-4-15-10-20(11-16(15)21)9-14-3-2-5-19-8-14/h2-3,5,7-8,12,15-16H,4,6,9-11H2,1H3/t15-,16+/m0/s1. The molecule has 0 radical (unpaired) electrons. The molecule has 4 rings (SSSR count). The van der Waals surface area contributed by atoms with Crippen LogP contribution < -0.4 is 0 Å². The molecule has 2 aliphatic rings. The zero-order valence-electron chi connectivity index (χ0n) is 13.3. The number of rotatable bonds is 3. The first-order chi connectivity index (χ1) is 11.2. The molecule has 2 fully saturated rings. The number of amides is 1.